The zero-order chi connectivity index (χ0) is 11.4. The molecule has 1 aromatic rings. The molecule has 3 heteroatoms. The van der Waals surface area contributed by atoms with Gasteiger partial charge in [0, 0.05) is 18.0 Å². The van der Waals surface area contributed by atoms with E-state index in [9.17, 15) is 4.39 Å². The Labute approximate surface area is 101 Å². The van der Waals surface area contributed by atoms with Crippen molar-refractivity contribution in [2.24, 2.45) is 0 Å². The minimum Gasteiger partial charge on any atom is -0.310 e. The van der Waals surface area contributed by atoms with Gasteiger partial charge in [-0.05, 0) is 43.4 Å². The summed E-state index contributed by atoms with van der Waals surface area (Å²) in [6.07, 6.45) is 4.43. The van der Waals surface area contributed by atoms with E-state index in [-0.39, 0.29) is 5.82 Å². The van der Waals surface area contributed by atoms with Crippen LogP contribution in [0.25, 0.3) is 0 Å². The minimum atomic E-state index is -0.163. The van der Waals surface area contributed by atoms with Crippen LogP contribution in [-0.4, -0.2) is 11.4 Å². The maximum absolute atomic E-state index is 12.9. The summed E-state index contributed by atoms with van der Waals surface area (Å²) in [7, 11) is 0. The van der Waals surface area contributed by atoms with Gasteiger partial charge in [0.25, 0.3) is 0 Å². The molecule has 16 heavy (non-hydrogen) atoms. The lowest BCUT2D eigenvalue weighted by Gasteiger charge is -2.25. The third kappa shape index (κ3) is 3.46. The topological polar surface area (TPSA) is 12.0 Å². The van der Waals surface area contributed by atoms with Crippen molar-refractivity contribution in [2.45, 2.75) is 43.6 Å². The number of hydrogen-bond donors (Lipinski definition) is 1. The van der Waals surface area contributed by atoms with Crippen molar-refractivity contribution in [1.82, 2.24) is 5.32 Å². The van der Waals surface area contributed by atoms with Crippen LogP contribution in [0.1, 0.15) is 31.2 Å². The van der Waals surface area contributed by atoms with E-state index >= 15 is 0 Å². The van der Waals surface area contributed by atoms with E-state index in [0.29, 0.717) is 11.4 Å². The highest BCUT2D eigenvalue weighted by atomic mass is 35.5. The van der Waals surface area contributed by atoms with Gasteiger partial charge in [-0.25, -0.2) is 4.39 Å². The second-order valence-corrected chi connectivity index (χ2v) is 5.08. The monoisotopic (exact) mass is 241 g/mol. The molecule has 0 saturated heterocycles. The fourth-order valence-electron chi connectivity index (χ4n) is 2.17. The Kier molecular flexibility index (Phi) is 4.19. The number of hydrogen-bond acceptors (Lipinski definition) is 1. The second kappa shape index (κ2) is 5.65. The smallest absolute Gasteiger partial charge is 0.123 e. The lowest BCUT2D eigenvalue weighted by molar-refractivity contribution is 0.376. The molecule has 1 nitrogen and oxygen atoms in total. The Bertz CT molecular complexity index is 334. The number of rotatable bonds is 3. The molecule has 2 rings (SSSR count). The Balaban J connectivity index is 1.79. The lowest BCUT2D eigenvalue weighted by Crippen LogP contribution is -2.32. The van der Waals surface area contributed by atoms with Crippen LogP contribution >= 0.6 is 11.6 Å². The quantitative estimate of drug-likeness (QED) is 0.800. The summed E-state index contributed by atoms with van der Waals surface area (Å²) in [4.78, 5) is 0. The van der Waals surface area contributed by atoms with E-state index in [4.69, 9.17) is 11.6 Å². The zero-order valence-corrected chi connectivity index (χ0v) is 10.0. The summed E-state index contributed by atoms with van der Waals surface area (Å²) < 4.78 is 12.9. The predicted octanol–water partition coefficient (Wildman–Crippen LogP) is 3.47. The molecule has 1 fully saturated rings. The van der Waals surface area contributed by atoms with Crippen molar-refractivity contribution in [2.75, 3.05) is 0 Å². The van der Waals surface area contributed by atoms with Crippen LogP contribution < -0.4 is 5.32 Å². The molecular weight excluding hydrogens is 225 g/mol. The van der Waals surface area contributed by atoms with E-state index in [2.05, 4.69) is 5.32 Å². The molecule has 0 spiro atoms. The van der Waals surface area contributed by atoms with E-state index in [1.807, 2.05) is 6.07 Å². The molecule has 1 aliphatic rings. The SMILES string of the molecule is Fc1cccc(CNC2CCC(Cl)CC2)c1. The third-order valence-corrected chi connectivity index (χ3v) is 3.58. The molecular formula is C13H17ClFN. The zero-order valence-electron chi connectivity index (χ0n) is 9.26. The molecule has 1 aromatic carbocycles. The standard InChI is InChI=1S/C13H17ClFN/c14-11-4-6-13(7-5-11)16-9-10-2-1-3-12(15)8-10/h1-3,8,11,13,16H,4-7,9H2. The van der Waals surface area contributed by atoms with Gasteiger partial charge in [-0.1, -0.05) is 12.1 Å². The van der Waals surface area contributed by atoms with Gasteiger partial charge in [0.05, 0.1) is 0 Å². The first-order chi connectivity index (χ1) is 7.74. The fourth-order valence-corrected chi connectivity index (χ4v) is 2.42. The van der Waals surface area contributed by atoms with Crippen molar-refractivity contribution >= 4 is 11.6 Å². The number of nitrogens with one attached hydrogen (secondary N) is 1. The summed E-state index contributed by atoms with van der Waals surface area (Å²) in [5.74, 6) is -0.163. The van der Waals surface area contributed by atoms with Gasteiger partial charge in [0.15, 0.2) is 0 Å². The van der Waals surface area contributed by atoms with Crippen molar-refractivity contribution in [3.05, 3.63) is 35.6 Å². The van der Waals surface area contributed by atoms with Gasteiger partial charge in [0.2, 0.25) is 0 Å². The highest BCUT2D eigenvalue weighted by Crippen LogP contribution is 2.22. The van der Waals surface area contributed by atoms with Crippen molar-refractivity contribution < 1.29 is 4.39 Å². The Morgan fingerprint density at radius 1 is 1.25 bits per heavy atom. The van der Waals surface area contributed by atoms with Gasteiger partial charge in [-0.2, -0.15) is 0 Å². The van der Waals surface area contributed by atoms with E-state index in [1.165, 1.54) is 6.07 Å². The van der Waals surface area contributed by atoms with Crippen LogP contribution in [0.5, 0.6) is 0 Å². The molecule has 0 bridgehead atoms. The van der Waals surface area contributed by atoms with Crippen molar-refractivity contribution in [3.63, 3.8) is 0 Å². The summed E-state index contributed by atoms with van der Waals surface area (Å²) in [6, 6.07) is 7.30. The molecule has 0 unspecified atom stereocenters. The number of alkyl halides is 1. The molecule has 0 aromatic heterocycles. The summed E-state index contributed by atoms with van der Waals surface area (Å²) in [5.41, 5.74) is 1.01. The van der Waals surface area contributed by atoms with Crippen LogP contribution in [0.4, 0.5) is 4.39 Å². The van der Waals surface area contributed by atoms with Crippen LogP contribution in [-0.2, 0) is 6.54 Å². The average molecular weight is 242 g/mol. The lowest BCUT2D eigenvalue weighted by atomic mass is 9.95. The molecule has 1 aliphatic carbocycles. The highest BCUT2D eigenvalue weighted by molar-refractivity contribution is 6.20. The van der Waals surface area contributed by atoms with Gasteiger partial charge in [0.1, 0.15) is 5.82 Å². The van der Waals surface area contributed by atoms with E-state index < -0.39 is 0 Å². The molecule has 0 heterocycles. The number of benzene rings is 1. The second-order valence-electron chi connectivity index (χ2n) is 4.46. The highest BCUT2D eigenvalue weighted by Gasteiger charge is 2.18. The van der Waals surface area contributed by atoms with Crippen LogP contribution in [0.15, 0.2) is 24.3 Å². The third-order valence-electron chi connectivity index (χ3n) is 3.14. The van der Waals surface area contributed by atoms with Gasteiger partial charge >= 0.3 is 0 Å². The van der Waals surface area contributed by atoms with Crippen LogP contribution in [0.2, 0.25) is 0 Å². The molecule has 0 amide bonds. The van der Waals surface area contributed by atoms with Gasteiger partial charge in [-0.15, -0.1) is 11.6 Å². The molecule has 1 N–H and O–H groups in total. The minimum absolute atomic E-state index is 0.163. The first kappa shape index (κ1) is 11.9. The Morgan fingerprint density at radius 3 is 2.69 bits per heavy atom. The van der Waals surface area contributed by atoms with E-state index in [0.717, 1.165) is 37.8 Å². The van der Waals surface area contributed by atoms with Gasteiger partial charge < -0.3 is 5.32 Å². The Hall–Kier alpha value is -0.600. The fraction of sp³-hybridized carbons (Fsp3) is 0.538. The largest absolute Gasteiger partial charge is 0.310 e. The first-order valence-electron chi connectivity index (χ1n) is 5.86. The summed E-state index contributed by atoms with van der Waals surface area (Å²) >= 11 is 6.04. The average Bonchev–Trinajstić information content (AvgIpc) is 2.28. The van der Waals surface area contributed by atoms with Crippen LogP contribution in [0, 0.1) is 5.82 Å². The maximum atomic E-state index is 12.9. The normalized spacial score (nSPS) is 25.6. The molecule has 1 saturated carbocycles. The number of halogens is 2. The van der Waals surface area contributed by atoms with E-state index in [1.54, 1.807) is 12.1 Å². The van der Waals surface area contributed by atoms with Gasteiger partial charge in [-0.3, -0.25) is 0 Å². The molecule has 88 valence electrons. The first-order valence-corrected chi connectivity index (χ1v) is 6.29. The summed E-state index contributed by atoms with van der Waals surface area (Å²) in [5, 5.41) is 3.81. The van der Waals surface area contributed by atoms with Crippen molar-refractivity contribution in [1.29, 1.82) is 0 Å². The van der Waals surface area contributed by atoms with Crippen LogP contribution in [0.3, 0.4) is 0 Å². The molecule has 0 radical (unpaired) electrons. The molecule has 0 aliphatic heterocycles. The predicted molar refractivity (Wildman–Crippen MR) is 65.1 cm³/mol. The molecule has 0 atom stereocenters. The summed E-state index contributed by atoms with van der Waals surface area (Å²) in [6.45, 7) is 0.745. The van der Waals surface area contributed by atoms with Crippen molar-refractivity contribution in [3.8, 4) is 0 Å². The maximum Gasteiger partial charge on any atom is 0.123 e. The Morgan fingerprint density at radius 2 is 2.00 bits per heavy atom.